The Morgan fingerprint density at radius 2 is 2.25 bits per heavy atom. The first kappa shape index (κ1) is 17.5. The maximum Gasteiger partial charge on any atom is 0.316 e. The number of likely N-dealkylation sites (tertiary alicyclic amines) is 1. The lowest BCUT2D eigenvalue weighted by atomic mass is 9.83. The molecule has 1 amide bonds. The van der Waals surface area contributed by atoms with Crippen LogP contribution in [0.4, 0.5) is 0 Å². The maximum atomic E-state index is 12.5. The number of aryl methyl sites for hydroxylation is 1. The second kappa shape index (κ2) is 6.51. The molecule has 1 atom stereocenters. The summed E-state index contributed by atoms with van der Waals surface area (Å²) in [6.07, 6.45) is 4.03. The van der Waals surface area contributed by atoms with Gasteiger partial charge in [0.15, 0.2) is 9.84 Å². The molecular formula is C15H21N3O4S2. The van der Waals surface area contributed by atoms with Crippen molar-refractivity contribution in [3.05, 3.63) is 18.0 Å². The average molecular weight is 371 g/mol. The first-order chi connectivity index (χ1) is 11.4. The van der Waals surface area contributed by atoms with E-state index >= 15 is 0 Å². The molecule has 2 aliphatic heterocycles. The molecule has 9 heteroatoms. The molecule has 1 aromatic heterocycles. The molecule has 2 aliphatic rings. The van der Waals surface area contributed by atoms with Crippen LogP contribution < -0.4 is 4.74 Å². The summed E-state index contributed by atoms with van der Waals surface area (Å²) in [4.78, 5) is 21.8. The molecule has 0 bridgehead atoms. The van der Waals surface area contributed by atoms with Gasteiger partial charge in [0.25, 0.3) is 0 Å². The molecule has 0 aliphatic carbocycles. The Balaban J connectivity index is 1.68. The Bertz CT molecular complexity index is 732. The fraction of sp³-hybridized carbons (Fsp3) is 0.667. The predicted octanol–water partition coefficient (Wildman–Crippen LogP) is 0.543. The summed E-state index contributed by atoms with van der Waals surface area (Å²) in [5.74, 6) is 0.399. The number of thioether (sulfide) groups is 1. The third kappa shape index (κ3) is 2.99. The second-order valence-corrected chi connectivity index (χ2v) is 9.66. The van der Waals surface area contributed by atoms with Crippen LogP contribution in [0.15, 0.2) is 12.3 Å². The van der Waals surface area contributed by atoms with Gasteiger partial charge in [0.1, 0.15) is 4.75 Å². The molecule has 0 aromatic carbocycles. The van der Waals surface area contributed by atoms with Gasteiger partial charge >= 0.3 is 6.01 Å². The molecule has 24 heavy (non-hydrogen) atoms. The minimum Gasteiger partial charge on any atom is -0.463 e. The van der Waals surface area contributed by atoms with Gasteiger partial charge in [-0.05, 0) is 25.7 Å². The highest BCUT2D eigenvalue weighted by atomic mass is 32.2. The summed E-state index contributed by atoms with van der Waals surface area (Å²) in [5.41, 5.74) is 0.797. The Kier molecular flexibility index (Phi) is 4.74. The number of carbonyl (C=O) groups excluding carboxylic acids is 1. The minimum absolute atomic E-state index is 0.00286. The largest absolute Gasteiger partial charge is 0.463 e. The molecule has 1 aromatic rings. The summed E-state index contributed by atoms with van der Waals surface area (Å²) < 4.78 is 29.9. The summed E-state index contributed by atoms with van der Waals surface area (Å²) in [6, 6.07) is 2.04. The predicted molar refractivity (Wildman–Crippen MR) is 91.9 cm³/mol. The first-order valence-corrected chi connectivity index (χ1v) is 10.8. The summed E-state index contributed by atoms with van der Waals surface area (Å²) >= 11 is 1.45. The zero-order valence-electron chi connectivity index (χ0n) is 13.8. The maximum absolute atomic E-state index is 12.5. The van der Waals surface area contributed by atoms with Crippen LogP contribution in [-0.2, 0) is 14.6 Å². The van der Waals surface area contributed by atoms with E-state index in [1.807, 2.05) is 13.2 Å². The molecule has 3 rings (SSSR count). The lowest BCUT2D eigenvalue weighted by Crippen LogP contribution is -2.69. The van der Waals surface area contributed by atoms with Crippen LogP contribution in [0.2, 0.25) is 0 Å². The van der Waals surface area contributed by atoms with Crippen molar-refractivity contribution >= 4 is 27.5 Å². The number of amides is 1. The van der Waals surface area contributed by atoms with Crippen molar-refractivity contribution in [2.24, 2.45) is 5.92 Å². The number of hydrogen-bond acceptors (Lipinski definition) is 7. The van der Waals surface area contributed by atoms with E-state index in [4.69, 9.17) is 4.74 Å². The number of rotatable bonds is 5. The Morgan fingerprint density at radius 3 is 2.92 bits per heavy atom. The highest BCUT2D eigenvalue weighted by Crippen LogP contribution is 2.44. The zero-order chi connectivity index (χ0) is 17.4. The molecule has 3 heterocycles. The van der Waals surface area contributed by atoms with Crippen molar-refractivity contribution in [2.45, 2.75) is 18.1 Å². The number of hydrogen-bond donors (Lipinski definition) is 0. The Hall–Kier alpha value is -1.35. The zero-order valence-corrected chi connectivity index (χ0v) is 15.4. The SMILES string of the molecule is CSCC(=O)N1CC2(C1)[C@@H](COc1nccc(C)n1)CCS2(=O)=O. The van der Waals surface area contributed by atoms with Crippen molar-refractivity contribution < 1.29 is 17.9 Å². The summed E-state index contributed by atoms with van der Waals surface area (Å²) in [7, 11) is -3.21. The van der Waals surface area contributed by atoms with Gasteiger partial charge < -0.3 is 9.64 Å². The molecule has 2 saturated heterocycles. The van der Waals surface area contributed by atoms with Gasteiger partial charge in [-0.15, -0.1) is 0 Å². The fourth-order valence-corrected chi connectivity index (χ4v) is 6.20. The number of ether oxygens (including phenoxy) is 1. The monoisotopic (exact) mass is 371 g/mol. The quantitative estimate of drug-likeness (QED) is 0.746. The summed E-state index contributed by atoms with van der Waals surface area (Å²) in [5, 5.41) is 0. The van der Waals surface area contributed by atoms with Gasteiger partial charge in [-0.25, -0.2) is 18.4 Å². The van der Waals surface area contributed by atoms with Crippen molar-refractivity contribution in [1.29, 1.82) is 0 Å². The van der Waals surface area contributed by atoms with Crippen molar-refractivity contribution in [3.63, 3.8) is 0 Å². The van der Waals surface area contributed by atoms with E-state index in [2.05, 4.69) is 9.97 Å². The van der Waals surface area contributed by atoms with Gasteiger partial charge in [0, 0.05) is 30.9 Å². The van der Waals surface area contributed by atoms with Crippen LogP contribution >= 0.6 is 11.8 Å². The molecule has 2 fully saturated rings. The van der Waals surface area contributed by atoms with Crippen LogP contribution in [0.1, 0.15) is 12.1 Å². The topological polar surface area (TPSA) is 89.5 Å². The van der Waals surface area contributed by atoms with Gasteiger partial charge in [0.2, 0.25) is 5.91 Å². The molecule has 1 spiro atoms. The summed E-state index contributed by atoms with van der Waals surface area (Å²) in [6.45, 7) is 2.65. The first-order valence-electron chi connectivity index (χ1n) is 7.79. The number of nitrogens with zero attached hydrogens (tertiary/aromatic N) is 3. The normalized spacial score (nSPS) is 23.9. The molecule has 0 radical (unpaired) electrons. The van der Waals surface area contributed by atoms with Crippen LogP contribution in [0, 0.1) is 12.8 Å². The Morgan fingerprint density at radius 1 is 1.50 bits per heavy atom. The number of aromatic nitrogens is 2. The van der Waals surface area contributed by atoms with E-state index in [9.17, 15) is 13.2 Å². The Labute approximate surface area is 146 Å². The molecule has 0 unspecified atom stereocenters. The van der Waals surface area contributed by atoms with Gasteiger partial charge in [-0.1, -0.05) is 0 Å². The van der Waals surface area contributed by atoms with Gasteiger partial charge in [-0.2, -0.15) is 11.8 Å². The van der Waals surface area contributed by atoms with E-state index in [0.29, 0.717) is 12.2 Å². The van der Waals surface area contributed by atoms with E-state index in [1.54, 1.807) is 17.2 Å². The second-order valence-electron chi connectivity index (χ2n) is 6.34. The van der Waals surface area contributed by atoms with Crippen molar-refractivity contribution in [2.75, 3.05) is 37.5 Å². The molecular weight excluding hydrogens is 350 g/mol. The average Bonchev–Trinajstić information content (AvgIpc) is 2.74. The molecule has 132 valence electrons. The van der Waals surface area contributed by atoms with Crippen LogP contribution in [0.5, 0.6) is 6.01 Å². The third-order valence-corrected chi connectivity index (χ3v) is 7.96. The van der Waals surface area contributed by atoms with Crippen LogP contribution in [0.3, 0.4) is 0 Å². The van der Waals surface area contributed by atoms with Crippen molar-refractivity contribution in [1.82, 2.24) is 14.9 Å². The number of sulfone groups is 1. The number of carbonyl (C=O) groups is 1. The van der Waals surface area contributed by atoms with E-state index < -0.39 is 14.6 Å². The van der Waals surface area contributed by atoms with Gasteiger partial charge in [0.05, 0.1) is 18.1 Å². The standard InChI is InChI=1S/C15H21N3O4S2/c1-11-3-5-16-14(17-11)22-7-12-4-6-24(20,21)15(12)9-18(10-15)13(19)8-23-2/h3,5,12H,4,6-10H2,1-2H3/t12-/m1/s1. The van der Waals surface area contributed by atoms with Crippen LogP contribution in [0.25, 0.3) is 0 Å². The highest BCUT2D eigenvalue weighted by Gasteiger charge is 2.62. The lowest BCUT2D eigenvalue weighted by Gasteiger charge is -2.49. The van der Waals surface area contributed by atoms with E-state index in [1.165, 1.54) is 11.8 Å². The lowest BCUT2D eigenvalue weighted by molar-refractivity contribution is -0.134. The fourth-order valence-electron chi connectivity index (χ4n) is 3.37. The van der Waals surface area contributed by atoms with Crippen LogP contribution in [-0.4, -0.2) is 71.4 Å². The van der Waals surface area contributed by atoms with E-state index in [0.717, 1.165) is 5.69 Å². The molecule has 0 saturated carbocycles. The molecule has 0 N–H and O–H groups in total. The smallest absolute Gasteiger partial charge is 0.316 e. The third-order valence-electron chi connectivity index (χ3n) is 4.82. The van der Waals surface area contributed by atoms with Gasteiger partial charge in [-0.3, -0.25) is 4.79 Å². The van der Waals surface area contributed by atoms with E-state index in [-0.39, 0.29) is 43.3 Å². The highest BCUT2D eigenvalue weighted by molar-refractivity contribution is 7.99. The minimum atomic E-state index is -3.21. The molecule has 7 nitrogen and oxygen atoms in total. The van der Waals surface area contributed by atoms with Crippen molar-refractivity contribution in [3.8, 4) is 6.01 Å².